The predicted molar refractivity (Wildman–Crippen MR) is 201 cm³/mol. The average molecular weight is 824 g/mol. The standard InChI is InChI=1S/C27H36N2.C15H16NSi.Au/c1-18(2)22-11-9-12-23(19(3)4)26(22)28-15-16-29(17-28)27-24(20(5)6)13-10-14-25(27)21(7)8;1-17(2,3)11-8-9-15-13(10-11)12-6-4-5-7-14(12)16-15;/h9-16,18-21H,1-8H3;4-10H,1-3H3;/q+2;-1;+1. The molecular weight excluding hydrogens is 772 g/mol. The normalized spacial score (nSPS) is 13.0. The fourth-order valence-corrected chi connectivity index (χ4v) is 7.55. The van der Waals surface area contributed by atoms with Gasteiger partial charge in [0.05, 0.1) is 8.07 Å². The Morgan fingerprint density at radius 1 is 0.532 bits per heavy atom. The molecule has 0 amide bonds. The Balaban J connectivity index is 0.000000236. The van der Waals surface area contributed by atoms with E-state index in [9.17, 15) is 0 Å². The molecule has 3 nitrogen and oxygen atoms in total. The van der Waals surface area contributed by atoms with Crippen molar-refractivity contribution < 1.29 is 31.5 Å². The van der Waals surface area contributed by atoms with Gasteiger partial charge in [0.1, 0.15) is 0 Å². The molecule has 0 N–H and O–H groups in total. The summed E-state index contributed by atoms with van der Waals surface area (Å²) in [7, 11) is -1.24. The average Bonchev–Trinajstić information content (AvgIpc) is 3.65. The zero-order chi connectivity index (χ0) is 33.3. The Bertz CT molecular complexity index is 1850. The Morgan fingerprint density at radius 3 is 1.38 bits per heavy atom. The largest absolute Gasteiger partial charge is 1.00 e. The first-order valence-corrected chi connectivity index (χ1v) is 20.5. The number of nitrogens with zero attached hydrogens (tertiary/aromatic N) is 3. The maximum Gasteiger partial charge on any atom is 1.00 e. The number of hydrogen-bond donors (Lipinski definition) is 0. The van der Waals surface area contributed by atoms with Crippen LogP contribution in [-0.4, -0.2) is 23.2 Å². The zero-order valence-corrected chi connectivity index (χ0v) is 33.3. The molecule has 6 rings (SSSR count). The molecule has 2 heterocycles. The van der Waals surface area contributed by atoms with Crippen molar-refractivity contribution in [1.29, 1.82) is 0 Å². The van der Waals surface area contributed by atoms with Crippen LogP contribution in [0.15, 0.2) is 91.3 Å². The van der Waals surface area contributed by atoms with E-state index in [-0.39, 0.29) is 22.4 Å². The topological polar surface area (TPSA) is 20.1 Å². The van der Waals surface area contributed by atoms with Gasteiger partial charge < -0.3 is 4.98 Å². The van der Waals surface area contributed by atoms with Crippen LogP contribution in [0.1, 0.15) is 101 Å². The van der Waals surface area contributed by atoms with Crippen molar-refractivity contribution >= 4 is 52.4 Å². The second-order valence-corrected chi connectivity index (χ2v) is 20.0. The Kier molecular flexibility index (Phi) is 11.6. The minimum Gasteiger partial charge on any atom is -0.657 e. The van der Waals surface area contributed by atoms with Crippen LogP contribution in [0.4, 0.5) is 11.4 Å². The number of fused-ring (bicyclic) bond motifs is 3. The first kappa shape index (κ1) is 36.6. The van der Waals surface area contributed by atoms with Crippen LogP contribution in [0.2, 0.25) is 19.6 Å². The van der Waals surface area contributed by atoms with Crippen molar-refractivity contribution in [2.24, 2.45) is 0 Å². The van der Waals surface area contributed by atoms with E-state index in [4.69, 9.17) is 0 Å². The van der Waals surface area contributed by atoms with Crippen LogP contribution in [0.5, 0.6) is 0 Å². The van der Waals surface area contributed by atoms with Gasteiger partial charge in [0.2, 0.25) is 11.4 Å². The summed E-state index contributed by atoms with van der Waals surface area (Å²) >= 11 is 0. The van der Waals surface area contributed by atoms with Crippen LogP contribution in [-0.2, 0) is 22.4 Å². The van der Waals surface area contributed by atoms with Gasteiger partial charge >= 0.3 is 28.4 Å². The molecular formula is C42H52AuN3Si+2. The molecule has 0 unspecified atom stereocenters. The summed E-state index contributed by atoms with van der Waals surface area (Å²) in [6.07, 6.45) is 4.32. The van der Waals surface area contributed by atoms with Crippen molar-refractivity contribution in [3.63, 3.8) is 0 Å². The fraction of sp³-hybridized carbons (Fsp3) is 0.357. The van der Waals surface area contributed by atoms with E-state index in [1.54, 1.807) is 0 Å². The molecule has 4 aromatic carbocycles. The third-order valence-corrected chi connectivity index (χ3v) is 11.1. The van der Waals surface area contributed by atoms with Crippen molar-refractivity contribution in [2.45, 2.75) is 98.7 Å². The van der Waals surface area contributed by atoms with Gasteiger partial charge in [-0.15, -0.1) is 11.0 Å². The molecule has 0 radical (unpaired) electrons. The van der Waals surface area contributed by atoms with E-state index in [0.29, 0.717) is 23.7 Å². The molecule has 47 heavy (non-hydrogen) atoms. The van der Waals surface area contributed by atoms with Crippen LogP contribution < -0.4 is 10.2 Å². The monoisotopic (exact) mass is 823 g/mol. The van der Waals surface area contributed by atoms with E-state index in [1.807, 2.05) is 6.07 Å². The minimum atomic E-state index is -1.24. The van der Waals surface area contributed by atoms with E-state index >= 15 is 0 Å². The molecule has 248 valence electrons. The molecule has 0 saturated carbocycles. The third kappa shape index (κ3) is 7.75. The summed E-state index contributed by atoms with van der Waals surface area (Å²) in [6, 6.07) is 32.2. The van der Waals surface area contributed by atoms with E-state index in [1.165, 1.54) is 49.6 Å². The molecule has 5 aromatic rings. The molecule has 0 bridgehead atoms. The summed E-state index contributed by atoms with van der Waals surface area (Å²) in [6.45, 7) is 25.3. The van der Waals surface area contributed by atoms with E-state index in [0.717, 1.165) is 11.0 Å². The van der Waals surface area contributed by atoms with Crippen LogP contribution >= 0.6 is 0 Å². The molecule has 0 atom stereocenters. The van der Waals surface area contributed by atoms with E-state index in [2.05, 4.69) is 180 Å². The van der Waals surface area contributed by atoms with Gasteiger partial charge in [-0.3, -0.25) is 0 Å². The van der Waals surface area contributed by atoms with Crippen LogP contribution in [0, 0.1) is 0 Å². The second-order valence-electron chi connectivity index (χ2n) is 14.9. The first-order valence-electron chi connectivity index (χ1n) is 17.0. The van der Waals surface area contributed by atoms with Gasteiger partial charge in [0.25, 0.3) is 12.4 Å². The molecule has 0 aliphatic carbocycles. The van der Waals surface area contributed by atoms with Crippen molar-refractivity contribution in [1.82, 2.24) is 4.98 Å². The predicted octanol–water partition coefficient (Wildman–Crippen LogP) is 11.3. The van der Waals surface area contributed by atoms with Crippen LogP contribution in [0.3, 0.4) is 0 Å². The van der Waals surface area contributed by atoms with Gasteiger partial charge in [0.15, 0.2) is 0 Å². The third-order valence-electron chi connectivity index (χ3n) is 9.04. The quantitative estimate of drug-likeness (QED) is 0.118. The molecule has 5 heteroatoms. The van der Waals surface area contributed by atoms with Crippen molar-refractivity contribution in [2.75, 3.05) is 0 Å². The minimum absolute atomic E-state index is 0. The number of benzene rings is 4. The molecule has 0 spiro atoms. The molecule has 1 aliphatic rings. The summed E-state index contributed by atoms with van der Waals surface area (Å²) in [5.74, 6) is 1.84. The number of rotatable bonds is 7. The SMILES string of the molecule is CC(C)c1cccc(C(C)C)c1[N+]1=C=[N+](c2c(C(C)C)cccc2C(C)C)C=C1.C[Si](C)(C)c1ccc2[n-]c3ccccc3c2c1.[Au+]. The number of aromatic nitrogens is 1. The Labute approximate surface area is 299 Å². The number of hydrogen-bond acceptors (Lipinski definition) is 0. The summed E-state index contributed by atoms with van der Waals surface area (Å²) < 4.78 is 4.40. The van der Waals surface area contributed by atoms with Gasteiger partial charge in [-0.05, 0) is 34.4 Å². The molecule has 0 fully saturated rings. The van der Waals surface area contributed by atoms with Gasteiger partial charge in [-0.25, -0.2) is 0 Å². The van der Waals surface area contributed by atoms with Gasteiger partial charge in [-0.2, -0.15) is 0 Å². The van der Waals surface area contributed by atoms with Crippen LogP contribution in [0.25, 0.3) is 21.8 Å². The number of para-hydroxylation sites is 3. The van der Waals surface area contributed by atoms with Crippen molar-refractivity contribution in [3.8, 4) is 0 Å². The van der Waals surface area contributed by atoms with Gasteiger partial charge in [-0.1, -0.05) is 168 Å². The maximum atomic E-state index is 4.65. The first-order chi connectivity index (χ1) is 21.8. The maximum absolute atomic E-state index is 4.65. The van der Waals surface area contributed by atoms with Gasteiger partial charge in [0, 0.05) is 22.3 Å². The van der Waals surface area contributed by atoms with E-state index < -0.39 is 8.07 Å². The molecule has 0 saturated heterocycles. The van der Waals surface area contributed by atoms with Crippen molar-refractivity contribution in [3.05, 3.63) is 114 Å². The molecule has 1 aromatic heterocycles. The fourth-order valence-electron chi connectivity index (χ4n) is 6.39. The smallest absolute Gasteiger partial charge is 0.657 e. The summed E-state index contributed by atoms with van der Waals surface area (Å²) in [4.78, 5) is 4.65. The zero-order valence-electron chi connectivity index (χ0n) is 30.1. The second kappa shape index (κ2) is 14.9. The molecule has 1 aliphatic heterocycles. The Morgan fingerprint density at radius 2 is 0.957 bits per heavy atom. The summed E-state index contributed by atoms with van der Waals surface area (Å²) in [5, 5.41) is 4.09. The Hall–Kier alpha value is -3.24. The summed E-state index contributed by atoms with van der Waals surface area (Å²) in [5.41, 5.74) is 10.3.